The number of rotatable bonds is 3. The van der Waals surface area contributed by atoms with Gasteiger partial charge in [-0.25, -0.2) is 4.79 Å². The molecule has 3 rings (SSSR count). The number of hydrogen-bond acceptors (Lipinski definition) is 3. The second-order valence-corrected chi connectivity index (χ2v) is 8.16. The summed E-state index contributed by atoms with van der Waals surface area (Å²) in [5.74, 6) is 0. The van der Waals surface area contributed by atoms with E-state index in [1.165, 1.54) is 35.5 Å². The molecule has 0 unspecified atom stereocenters. The van der Waals surface area contributed by atoms with Gasteiger partial charge < -0.3 is 10.6 Å². The number of nitrogens with zero attached hydrogens (tertiary/aromatic N) is 2. The standard InChI is InChI=1S/C20H24N4O3/c1-20(2)11-12-24(3,4)18-10-7-15(13-17(18)20)22-19(25)21-14-5-8-16(9-6-14)23(26)27/h5-10,13H,11-12H2,1-4H3,(H-,21,22,25)/p+1. The Hall–Kier alpha value is -2.93. The van der Waals surface area contributed by atoms with Gasteiger partial charge in [0, 0.05) is 47.0 Å². The van der Waals surface area contributed by atoms with E-state index in [0.29, 0.717) is 5.69 Å². The van der Waals surface area contributed by atoms with Crippen LogP contribution in [0.5, 0.6) is 0 Å². The maximum atomic E-state index is 12.3. The molecular weight excluding hydrogens is 344 g/mol. The number of nitrogens with one attached hydrogen (secondary N) is 2. The molecule has 0 atom stereocenters. The number of quaternary nitrogens is 1. The van der Waals surface area contributed by atoms with E-state index in [4.69, 9.17) is 0 Å². The molecule has 2 N–H and O–H groups in total. The summed E-state index contributed by atoms with van der Waals surface area (Å²) in [4.78, 5) is 22.5. The number of hydrogen-bond donors (Lipinski definition) is 2. The van der Waals surface area contributed by atoms with E-state index in [9.17, 15) is 14.9 Å². The van der Waals surface area contributed by atoms with Crippen LogP contribution in [0.15, 0.2) is 42.5 Å². The normalized spacial score (nSPS) is 16.9. The predicted molar refractivity (Wildman–Crippen MR) is 108 cm³/mol. The molecule has 142 valence electrons. The number of benzene rings is 2. The van der Waals surface area contributed by atoms with Crippen LogP contribution in [0.3, 0.4) is 0 Å². The Balaban J connectivity index is 1.76. The lowest BCUT2D eigenvalue weighted by Gasteiger charge is -2.42. The molecule has 1 aliphatic heterocycles. The highest BCUT2D eigenvalue weighted by Crippen LogP contribution is 2.42. The van der Waals surface area contributed by atoms with Gasteiger partial charge in [0.25, 0.3) is 5.69 Å². The van der Waals surface area contributed by atoms with Crippen molar-refractivity contribution in [1.82, 2.24) is 4.48 Å². The minimum atomic E-state index is -0.473. The average Bonchev–Trinajstić information content (AvgIpc) is 2.59. The van der Waals surface area contributed by atoms with Crippen molar-refractivity contribution >= 4 is 28.8 Å². The largest absolute Gasteiger partial charge is 0.323 e. The van der Waals surface area contributed by atoms with Crippen LogP contribution in [0.4, 0.5) is 27.5 Å². The highest BCUT2D eigenvalue weighted by Gasteiger charge is 2.38. The topological polar surface area (TPSA) is 84.3 Å². The van der Waals surface area contributed by atoms with Gasteiger partial charge in [0.2, 0.25) is 0 Å². The zero-order valence-corrected chi connectivity index (χ0v) is 16.1. The van der Waals surface area contributed by atoms with Gasteiger partial charge in [-0.05, 0) is 24.3 Å². The minimum absolute atomic E-state index is 0.0152. The zero-order valence-electron chi connectivity index (χ0n) is 16.1. The molecule has 1 heterocycles. The van der Waals surface area contributed by atoms with E-state index in [0.717, 1.165) is 23.1 Å². The van der Waals surface area contributed by atoms with E-state index >= 15 is 0 Å². The average molecular weight is 369 g/mol. The molecule has 2 amide bonds. The van der Waals surface area contributed by atoms with Crippen LogP contribution in [0.25, 0.3) is 0 Å². The molecule has 0 spiro atoms. The number of nitro groups is 1. The first-order chi connectivity index (χ1) is 12.6. The second-order valence-electron chi connectivity index (χ2n) is 8.16. The molecule has 0 fully saturated rings. The molecule has 7 nitrogen and oxygen atoms in total. The Morgan fingerprint density at radius 1 is 1.07 bits per heavy atom. The van der Waals surface area contributed by atoms with Crippen LogP contribution in [0, 0.1) is 10.1 Å². The van der Waals surface area contributed by atoms with Crippen LogP contribution in [0.1, 0.15) is 25.8 Å². The van der Waals surface area contributed by atoms with Crippen molar-refractivity contribution in [2.45, 2.75) is 25.7 Å². The van der Waals surface area contributed by atoms with E-state index < -0.39 is 4.92 Å². The third kappa shape index (κ3) is 3.93. The van der Waals surface area contributed by atoms with Crippen molar-refractivity contribution in [2.24, 2.45) is 0 Å². The van der Waals surface area contributed by atoms with Gasteiger partial charge in [0.05, 0.1) is 25.6 Å². The van der Waals surface area contributed by atoms with Gasteiger partial charge in [-0.15, -0.1) is 0 Å². The first-order valence-electron chi connectivity index (χ1n) is 8.89. The van der Waals surface area contributed by atoms with Crippen molar-refractivity contribution in [2.75, 3.05) is 31.3 Å². The van der Waals surface area contributed by atoms with Crippen LogP contribution in [-0.2, 0) is 5.41 Å². The highest BCUT2D eigenvalue weighted by molar-refractivity contribution is 6.00. The number of anilines is 2. The van der Waals surface area contributed by atoms with Crippen molar-refractivity contribution in [3.05, 3.63) is 58.1 Å². The summed E-state index contributed by atoms with van der Waals surface area (Å²) in [5, 5.41) is 16.2. The van der Waals surface area contributed by atoms with Crippen LogP contribution in [-0.4, -0.2) is 31.6 Å². The molecule has 27 heavy (non-hydrogen) atoms. The molecule has 0 bridgehead atoms. The third-order valence-electron chi connectivity index (χ3n) is 5.27. The Bertz CT molecular complexity index is 889. The van der Waals surface area contributed by atoms with Gasteiger partial charge in [0.15, 0.2) is 0 Å². The Morgan fingerprint density at radius 3 is 2.30 bits per heavy atom. The molecule has 2 aromatic carbocycles. The summed E-state index contributed by atoms with van der Waals surface area (Å²) in [6.45, 7) is 5.53. The Kier molecular flexibility index (Phi) is 4.65. The molecular formula is C20H25N4O3+. The summed E-state index contributed by atoms with van der Waals surface area (Å²) in [5.41, 5.74) is 3.77. The summed E-state index contributed by atoms with van der Waals surface area (Å²) >= 11 is 0. The molecule has 1 aliphatic rings. The number of non-ortho nitro benzene ring substituents is 1. The number of nitro benzene ring substituents is 1. The fraction of sp³-hybridized carbons (Fsp3) is 0.350. The van der Waals surface area contributed by atoms with Gasteiger partial charge in [-0.3, -0.25) is 14.6 Å². The van der Waals surface area contributed by atoms with Crippen LogP contribution in [0.2, 0.25) is 0 Å². The lowest BCUT2D eigenvalue weighted by atomic mass is 9.77. The number of carbonyl (C=O) groups is 1. The second kappa shape index (κ2) is 6.66. The fourth-order valence-electron chi connectivity index (χ4n) is 3.46. The summed E-state index contributed by atoms with van der Waals surface area (Å²) in [6, 6.07) is 11.4. The quantitative estimate of drug-likeness (QED) is 0.475. The lowest BCUT2D eigenvalue weighted by molar-refractivity contribution is -0.384. The monoisotopic (exact) mass is 369 g/mol. The van der Waals surface area contributed by atoms with Gasteiger partial charge >= 0.3 is 6.03 Å². The number of fused-ring (bicyclic) bond motifs is 1. The third-order valence-corrected chi connectivity index (χ3v) is 5.27. The van der Waals surface area contributed by atoms with Crippen molar-refractivity contribution < 1.29 is 9.72 Å². The molecule has 0 saturated carbocycles. The van der Waals surface area contributed by atoms with Gasteiger partial charge in [-0.2, -0.15) is 0 Å². The summed E-state index contributed by atoms with van der Waals surface area (Å²) in [6.07, 6.45) is 1.07. The van der Waals surface area contributed by atoms with Gasteiger partial charge in [0.1, 0.15) is 5.69 Å². The lowest BCUT2D eigenvalue weighted by Crippen LogP contribution is -2.48. The number of carbonyl (C=O) groups excluding carboxylic acids is 1. The maximum absolute atomic E-state index is 12.3. The molecule has 0 aromatic heterocycles. The first-order valence-corrected chi connectivity index (χ1v) is 8.89. The van der Waals surface area contributed by atoms with Crippen LogP contribution < -0.4 is 15.1 Å². The smallest absolute Gasteiger partial charge is 0.308 e. The molecule has 2 aromatic rings. The van der Waals surface area contributed by atoms with E-state index in [2.05, 4.69) is 44.6 Å². The van der Waals surface area contributed by atoms with Crippen molar-refractivity contribution in [3.63, 3.8) is 0 Å². The van der Waals surface area contributed by atoms with E-state index in [1.807, 2.05) is 12.1 Å². The van der Waals surface area contributed by atoms with E-state index in [1.54, 1.807) is 0 Å². The number of urea groups is 1. The molecule has 0 saturated heterocycles. The minimum Gasteiger partial charge on any atom is -0.308 e. The van der Waals surface area contributed by atoms with Crippen LogP contribution >= 0.6 is 0 Å². The Morgan fingerprint density at radius 2 is 1.67 bits per heavy atom. The van der Waals surface area contributed by atoms with Crippen molar-refractivity contribution in [1.29, 1.82) is 0 Å². The highest BCUT2D eigenvalue weighted by atomic mass is 16.6. The zero-order chi connectivity index (χ0) is 19.8. The van der Waals surface area contributed by atoms with Gasteiger partial charge in [-0.1, -0.05) is 13.8 Å². The SMILES string of the molecule is CC1(C)CC[N+](C)(C)c2ccc(NC(=O)Nc3ccc([N+](=O)[O-])cc3)cc21. The maximum Gasteiger partial charge on any atom is 0.323 e. The predicted octanol–water partition coefficient (Wildman–Crippen LogP) is 4.49. The molecule has 0 aliphatic carbocycles. The van der Waals surface area contributed by atoms with E-state index in [-0.39, 0.29) is 17.1 Å². The summed E-state index contributed by atoms with van der Waals surface area (Å²) < 4.78 is 0.827. The molecule has 0 radical (unpaired) electrons. The first kappa shape index (κ1) is 18.8. The summed E-state index contributed by atoms with van der Waals surface area (Å²) in [7, 11) is 4.39. The van der Waals surface area contributed by atoms with Crippen molar-refractivity contribution in [3.8, 4) is 0 Å². The molecule has 7 heteroatoms. The number of amides is 2. The Labute approximate surface area is 158 Å². The fourth-order valence-corrected chi connectivity index (χ4v) is 3.46.